The smallest absolute Gasteiger partial charge is 0.746 e. The van der Waals surface area contributed by atoms with Crippen molar-refractivity contribution >= 4 is 10.1 Å². The minimum Gasteiger partial charge on any atom is -0.746 e. The van der Waals surface area contributed by atoms with Crippen LogP contribution in [0.2, 0.25) is 0 Å². The molecule has 1 N–H and O–H groups in total. The van der Waals surface area contributed by atoms with Crippen molar-refractivity contribution in [2.24, 2.45) is 11.8 Å². The van der Waals surface area contributed by atoms with Crippen molar-refractivity contribution in [3.63, 3.8) is 0 Å². The summed E-state index contributed by atoms with van der Waals surface area (Å²) in [6.07, 6.45) is 3.09. The standard InChI is InChI=1S/C9H16O4S.Na/c1-6-3-7(2)5-8(4-6)9(10)14(11,12)13;/h3,6,8-10H,4-5H2,1-2H3,(H,11,12,13);/q;+1/p-1. The molecule has 3 atom stereocenters. The Labute approximate surface area is 113 Å². The largest absolute Gasteiger partial charge is 1.00 e. The minimum absolute atomic E-state index is 0. The summed E-state index contributed by atoms with van der Waals surface area (Å²) in [4.78, 5) is 0. The predicted molar refractivity (Wildman–Crippen MR) is 51.3 cm³/mol. The van der Waals surface area contributed by atoms with E-state index in [0.717, 1.165) is 5.57 Å². The van der Waals surface area contributed by atoms with E-state index in [1.54, 1.807) is 0 Å². The summed E-state index contributed by atoms with van der Waals surface area (Å²) in [6.45, 7) is 3.83. The molecular formula is C9H15NaO4S. The SMILES string of the molecule is CC1=CC(C)CC(C(O)S(=O)(=O)[O-])C1.[Na+]. The Balaban J connectivity index is 0.00000196. The Morgan fingerprint density at radius 2 is 2.13 bits per heavy atom. The fourth-order valence-electron chi connectivity index (χ4n) is 2.05. The van der Waals surface area contributed by atoms with Crippen LogP contribution < -0.4 is 29.6 Å². The fraction of sp³-hybridized carbons (Fsp3) is 0.778. The Morgan fingerprint density at radius 1 is 1.60 bits per heavy atom. The number of aliphatic hydroxyl groups is 1. The van der Waals surface area contributed by atoms with Crippen molar-refractivity contribution in [1.82, 2.24) is 0 Å². The summed E-state index contributed by atoms with van der Waals surface area (Å²) >= 11 is 0. The quantitative estimate of drug-likeness (QED) is 0.340. The normalized spacial score (nSPS) is 28.9. The third-order valence-electron chi connectivity index (χ3n) is 2.53. The summed E-state index contributed by atoms with van der Waals surface area (Å²) in [5.41, 5.74) is -0.718. The van der Waals surface area contributed by atoms with E-state index in [4.69, 9.17) is 0 Å². The Hall–Kier alpha value is 0.610. The van der Waals surface area contributed by atoms with Crippen LogP contribution in [0.15, 0.2) is 11.6 Å². The van der Waals surface area contributed by atoms with Crippen LogP contribution in [0.5, 0.6) is 0 Å². The van der Waals surface area contributed by atoms with E-state index in [-0.39, 0.29) is 35.5 Å². The molecule has 82 valence electrons. The first kappa shape index (κ1) is 15.6. The van der Waals surface area contributed by atoms with Crippen LogP contribution in [0.4, 0.5) is 0 Å². The van der Waals surface area contributed by atoms with E-state index in [1.165, 1.54) is 0 Å². The molecule has 0 spiro atoms. The van der Waals surface area contributed by atoms with E-state index in [1.807, 2.05) is 19.9 Å². The number of allylic oxidation sites excluding steroid dienone is 2. The molecule has 1 aliphatic carbocycles. The maximum atomic E-state index is 10.6. The average molecular weight is 242 g/mol. The Kier molecular flexibility index (Phi) is 6.03. The van der Waals surface area contributed by atoms with Crippen molar-refractivity contribution in [3.8, 4) is 0 Å². The second-order valence-electron chi connectivity index (χ2n) is 4.07. The second kappa shape index (κ2) is 5.80. The molecule has 0 aromatic heterocycles. The molecule has 6 heteroatoms. The third-order valence-corrected chi connectivity index (χ3v) is 3.50. The van der Waals surface area contributed by atoms with Crippen LogP contribution in [0, 0.1) is 11.8 Å². The zero-order valence-electron chi connectivity index (χ0n) is 9.30. The molecule has 0 amide bonds. The zero-order chi connectivity index (χ0) is 10.9. The molecule has 1 aliphatic rings. The van der Waals surface area contributed by atoms with E-state index in [9.17, 15) is 18.1 Å². The molecule has 0 heterocycles. The van der Waals surface area contributed by atoms with Gasteiger partial charge in [-0.3, -0.25) is 0 Å². The fourth-order valence-corrected chi connectivity index (χ4v) is 2.73. The molecule has 0 saturated carbocycles. The summed E-state index contributed by atoms with van der Waals surface area (Å²) in [6, 6.07) is 0. The van der Waals surface area contributed by atoms with Crippen molar-refractivity contribution in [1.29, 1.82) is 0 Å². The van der Waals surface area contributed by atoms with Gasteiger partial charge in [-0.1, -0.05) is 18.6 Å². The van der Waals surface area contributed by atoms with Gasteiger partial charge in [0.2, 0.25) is 0 Å². The molecule has 0 fully saturated rings. The first-order valence-electron chi connectivity index (χ1n) is 4.60. The zero-order valence-corrected chi connectivity index (χ0v) is 12.1. The predicted octanol–water partition coefficient (Wildman–Crippen LogP) is -2.15. The van der Waals surface area contributed by atoms with E-state index in [2.05, 4.69) is 0 Å². The van der Waals surface area contributed by atoms with Crippen LogP contribution >= 0.6 is 0 Å². The van der Waals surface area contributed by atoms with Crippen molar-refractivity contribution < 1.29 is 47.6 Å². The van der Waals surface area contributed by atoms with E-state index in [0.29, 0.717) is 12.8 Å². The van der Waals surface area contributed by atoms with Gasteiger partial charge in [0, 0.05) is 5.92 Å². The number of aliphatic hydroxyl groups excluding tert-OH is 1. The number of hydrogen-bond acceptors (Lipinski definition) is 4. The van der Waals surface area contributed by atoms with E-state index >= 15 is 0 Å². The molecule has 0 aromatic carbocycles. The third kappa shape index (κ3) is 4.54. The van der Waals surface area contributed by atoms with Crippen LogP contribution in [0.1, 0.15) is 26.7 Å². The first-order chi connectivity index (χ1) is 6.30. The van der Waals surface area contributed by atoms with Gasteiger partial charge in [0.1, 0.15) is 15.6 Å². The van der Waals surface area contributed by atoms with Gasteiger partial charge in [-0.25, -0.2) is 8.42 Å². The van der Waals surface area contributed by atoms with Crippen LogP contribution in [-0.4, -0.2) is 23.5 Å². The molecule has 1 rings (SSSR count). The summed E-state index contributed by atoms with van der Waals surface area (Å²) in [5.74, 6) is -0.220. The van der Waals surface area contributed by atoms with E-state index < -0.39 is 21.5 Å². The Bertz CT molecular complexity index is 336. The van der Waals surface area contributed by atoms with Gasteiger partial charge in [0.25, 0.3) is 0 Å². The van der Waals surface area contributed by atoms with Gasteiger partial charge >= 0.3 is 29.6 Å². The number of hydrogen-bond donors (Lipinski definition) is 1. The van der Waals surface area contributed by atoms with Crippen molar-refractivity contribution in [2.45, 2.75) is 32.1 Å². The maximum Gasteiger partial charge on any atom is 1.00 e. The van der Waals surface area contributed by atoms with Gasteiger partial charge in [0.05, 0.1) is 0 Å². The minimum atomic E-state index is -4.57. The molecule has 0 aliphatic heterocycles. The van der Waals surface area contributed by atoms with Gasteiger partial charge in [0.15, 0.2) is 0 Å². The molecular weight excluding hydrogens is 227 g/mol. The van der Waals surface area contributed by atoms with Gasteiger partial charge < -0.3 is 9.66 Å². The van der Waals surface area contributed by atoms with Crippen molar-refractivity contribution in [3.05, 3.63) is 11.6 Å². The number of rotatable bonds is 2. The van der Waals surface area contributed by atoms with Gasteiger partial charge in [-0.15, -0.1) is 0 Å². The first-order valence-corrected chi connectivity index (χ1v) is 6.08. The molecule has 0 saturated heterocycles. The molecule has 0 aromatic rings. The average Bonchev–Trinajstić information content (AvgIpc) is 1.99. The van der Waals surface area contributed by atoms with Crippen molar-refractivity contribution in [2.75, 3.05) is 0 Å². The second-order valence-corrected chi connectivity index (χ2v) is 5.54. The summed E-state index contributed by atoms with van der Waals surface area (Å²) < 4.78 is 31.9. The van der Waals surface area contributed by atoms with Gasteiger partial charge in [-0.2, -0.15) is 0 Å². The van der Waals surface area contributed by atoms with Gasteiger partial charge in [-0.05, 0) is 25.7 Å². The topological polar surface area (TPSA) is 77.4 Å². The summed E-state index contributed by atoms with van der Waals surface area (Å²) in [5, 5.41) is 9.32. The molecule has 15 heavy (non-hydrogen) atoms. The van der Waals surface area contributed by atoms with Crippen LogP contribution in [0.25, 0.3) is 0 Å². The van der Waals surface area contributed by atoms with Crippen LogP contribution in [-0.2, 0) is 10.1 Å². The molecule has 3 unspecified atom stereocenters. The monoisotopic (exact) mass is 242 g/mol. The van der Waals surface area contributed by atoms with Crippen LogP contribution in [0.3, 0.4) is 0 Å². The molecule has 0 bridgehead atoms. The Morgan fingerprint density at radius 3 is 2.53 bits per heavy atom. The maximum absolute atomic E-state index is 10.6. The summed E-state index contributed by atoms with van der Waals surface area (Å²) in [7, 11) is -4.57. The molecule has 0 radical (unpaired) electrons. The molecule has 4 nitrogen and oxygen atoms in total.